The number of para-hydroxylation sites is 1. The van der Waals surface area contributed by atoms with Crippen LogP contribution in [0.3, 0.4) is 0 Å². The third kappa shape index (κ3) is 6.83. The summed E-state index contributed by atoms with van der Waals surface area (Å²) in [5, 5.41) is 9.86. The first-order valence-electron chi connectivity index (χ1n) is 13.1. The van der Waals surface area contributed by atoms with Gasteiger partial charge in [-0.2, -0.15) is 9.97 Å². The van der Waals surface area contributed by atoms with E-state index in [1.54, 1.807) is 49.4 Å². The van der Waals surface area contributed by atoms with Crippen LogP contribution in [-0.2, 0) is 17.8 Å². The lowest BCUT2D eigenvalue weighted by Crippen LogP contribution is -2.46. The fourth-order valence-electron chi connectivity index (χ4n) is 4.62. The maximum Gasteiger partial charge on any atom is 0.348 e. The molecular weight excluding hydrogens is 508 g/mol. The number of carboxylic acid groups (broad SMARTS) is 1. The van der Waals surface area contributed by atoms with Crippen LogP contribution in [0.1, 0.15) is 18.1 Å². The number of aromatic nitrogens is 3. The standard InChI is InChI=1S/C30H32N6O4/c1-30(28(37)38,40-25-5-3-2-4-6-25)20-22-7-9-24(10-8-22)39-27-19-26(33-29(31)34-27)36-17-15-35(16-18-36)21-23-11-13-32-14-12-23/h2-14,19H,15-18,20-21H2,1H3,(H,37,38)(H2,31,33,34). The number of carboxylic acids is 1. The molecule has 1 atom stereocenters. The quantitative estimate of drug-likeness (QED) is 0.304. The van der Waals surface area contributed by atoms with Gasteiger partial charge in [0.15, 0.2) is 0 Å². The molecular formula is C30H32N6O4. The van der Waals surface area contributed by atoms with Crippen LogP contribution >= 0.6 is 0 Å². The zero-order valence-corrected chi connectivity index (χ0v) is 22.3. The van der Waals surface area contributed by atoms with Crippen LogP contribution in [0.5, 0.6) is 17.4 Å². The van der Waals surface area contributed by atoms with Gasteiger partial charge < -0.3 is 25.2 Å². The van der Waals surface area contributed by atoms with Crippen molar-refractivity contribution in [2.24, 2.45) is 0 Å². The highest BCUT2D eigenvalue weighted by Gasteiger charge is 2.36. The zero-order chi connectivity index (χ0) is 28.0. The highest BCUT2D eigenvalue weighted by atomic mass is 16.5. The predicted molar refractivity (Wildman–Crippen MR) is 152 cm³/mol. The smallest absolute Gasteiger partial charge is 0.348 e. The Morgan fingerprint density at radius 1 is 0.925 bits per heavy atom. The maximum absolute atomic E-state index is 12.0. The van der Waals surface area contributed by atoms with Crippen molar-refractivity contribution in [3.63, 3.8) is 0 Å². The van der Waals surface area contributed by atoms with Gasteiger partial charge in [0.05, 0.1) is 0 Å². The molecule has 2 aromatic carbocycles. The summed E-state index contributed by atoms with van der Waals surface area (Å²) in [4.78, 5) is 29.4. The van der Waals surface area contributed by atoms with E-state index >= 15 is 0 Å². The third-order valence-corrected chi connectivity index (χ3v) is 6.78. The second-order valence-electron chi connectivity index (χ2n) is 9.92. The number of rotatable bonds is 10. The molecule has 0 radical (unpaired) electrons. The fourth-order valence-corrected chi connectivity index (χ4v) is 4.62. The molecule has 0 saturated carbocycles. The number of piperazine rings is 1. The molecule has 1 saturated heterocycles. The summed E-state index contributed by atoms with van der Waals surface area (Å²) in [5.41, 5.74) is 6.63. The van der Waals surface area contributed by atoms with E-state index in [1.165, 1.54) is 5.56 Å². The second-order valence-corrected chi connectivity index (χ2v) is 9.92. The highest BCUT2D eigenvalue weighted by molar-refractivity contribution is 5.78. The highest BCUT2D eigenvalue weighted by Crippen LogP contribution is 2.27. The average molecular weight is 541 g/mol. The lowest BCUT2D eigenvalue weighted by atomic mass is 9.96. The Labute approximate surface area is 233 Å². The molecule has 1 fully saturated rings. The minimum Gasteiger partial charge on any atom is -0.478 e. The molecule has 1 aliphatic heterocycles. The van der Waals surface area contributed by atoms with E-state index in [0.717, 1.165) is 44.1 Å². The number of benzene rings is 2. The SMILES string of the molecule is CC(Cc1ccc(Oc2cc(N3CCN(Cc4ccncc4)CC3)nc(N)n2)cc1)(Oc1ccccc1)C(=O)O. The van der Waals surface area contributed by atoms with Crippen molar-refractivity contribution in [3.05, 3.63) is 96.3 Å². The van der Waals surface area contributed by atoms with E-state index in [1.807, 2.05) is 42.7 Å². The number of nitrogens with zero attached hydrogens (tertiary/aromatic N) is 5. The van der Waals surface area contributed by atoms with E-state index in [0.29, 0.717) is 17.4 Å². The van der Waals surface area contributed by atoms with Crippen LogP contribution in [0, 0.1) is 0 Å². The minimum absolute atomic E-state index is 0.138. The number of nitrogen functional groups attached to an aromatic ring is 1. The Kier molecular flexibility index (Phi) is 8.07. The largest absolute Gasteiger partial charge is 0.478 e. The first-order chi connectivity index (χ1) is 19.4. The van der Waals surface area contributed by atoms with Crippen molar-refractivity contribution in [1.82, 2.24) is 19.9 Å². The van der Waals surface area contributed by atoms with E-state index in [9.17, 15) is 9.90 Å². The molecule has 4 aromatic rings. The number of nitrogens with two attached hydrogens (primary N) is 1. The van der Waals surface area contributed by atoms with Gasteiger partial charge in [-0.1, -0.05) is 30.3 Å². The van der Waals surface area contributed by atoms with Gasteiger partial charge in [0.25, 0.3) is 0 Å². The molecule has 0 amide bonds. The Bertz CT molecular complexity index is 1410. The summed E-state index contributed by atoms with van der Waals surface area (Å²) in [7, 11) is 0. The zero-order valence-electron chi connectivity index (χ0n) is 22.3. The summed E-state index contributed by atoms with van der Waals surface area (Å²) in [6.45, 7) is 5.86. The van der Waals surface area contributed by atoms with Crippen LogP contribution in [-0.4, -0.2) is 62.7 Å². The van der Waals surface area contributed by atoms with Gasteiger partial charge in [-0.05, 0) is 54.4 Å². The number of ether oxygens (including phenoxy) is 2. The molecule has 3 heterocycles. The minimum atomic E-state index is -1.43. The van der Waals surface area contributed by atoms with Crippen molar-refractivity contribution < 1.29 is 19.4 Å². The van der Waals surface area contributed by atoms with Gasteiger partial charge in [0.2, 0.25) is 17.4 Å². The first kappa shape index (κ1) is 26.9. The number of pyridine rings is 1. The molecule has 206 valence electrons. The molecule has 2 aromatic heterocycles. The van der Waals surface area contributed by atoms with E-state index in [-0.39, 0.29) is 12.4 Å². The molecule has 5 rings (SSSR count). The summed E-state index contributed by atoms with van der Waals surface area (Å²) in [6.07, 6.45) is 3.81. The monoisotopic (exact) mass is 540 g/mol. The van der Waals surface area contributed by atoms with Crippen molar-refractivity contribution >= 4 is 17.7 Å². The Balaban J connectivity index is 1.21. The third-order valence-electron chi connectivity index (χ3n) is 6.78. The van der Waals surface area contributed by atoms with Gasteiger partial charge in [-0.25, -0.2) is 4.79 Å². The van der Waals surface area contributed by atoms with Crippen LogP contribution in [0.15, 0.2) is 85.2 Å². The van der Waals surface area contributed by atoms with Crippen LogP contribution < -0.4 is 20.1 Å². The molecule has 1 aliphatic rings. The van der Waals surface area contributed by atoms with Gasteiger partial charge in [0, 0.05) is 57.6 Å². The topological polar surface area (TPSA) is 127 Å². The van der Waals surface area contributed by atoms with E-state index < -0.39 is 11.6 Å². The fraction of sp³-hybridized carbons (Fsp3) is 0.267. The maximum atomic E-state index is 12.0. The number of hydrogen-bond donors (Lipinski definition) is 2. The molecule has 1 unspecified atom stereocenters. The summed E-state index contributed by atoms with van der Waals surface area (Å²) in [6, 6.07) is 22.0. The Hall–Kier alpha value is -4.70. The Morgan fingerprint density at radius 2 is 1.62 bits per heavy atom. The van der Waals surface area contributed by atoms with Gasteiger partial charge >= 0.3 is 5.97 Å². The van der Waals surface area contributed by atoms with Crippen molar-refractivity contribution in [3.8, 4) is 17.4 Å². The van der Waals surface area contributed by atoms with Gasteiger partial charge in [-0.3, -0.25) is 9.88 Å². The van der Waals surface area contributed by atoms with Crippen LogP contribution in [0.25, 0.3) is 0 Å². The van der Waals surface area contributed by atoms with Gasteiger partial charge in [0.1, 0.15) is 17.3 Å². The molecule has 10 nitrogen and oxygen atoms in total. The van der Waals surface area contributed by atoms with Gasteiger partial charge in [-0.15, -0.1) is 0 Å². The molecule has 0 spiro atoms. The second kappa shape index (κ2) is 12.0. The summed E-state index contributed by atoms with van der Waals surface area (Å²) in [5.74, 6) is 1.21. The number of hydrogen-bond acceptors (Lipinski definition) is 9. The summed E-state index contributed by atoms with van der Waals surface area (Å²) < 4.78 is 11.8. The normalized spacial score (nSPS) is 15.3. The number of aliphatic carboxylic acids is 1. The molecule has 10 heteroatoms. The van der Waals surface area contributed by atoms with E-state index in [2.05, 4.69) is 24.8 Å². The van der Waals surface area contributed by atoms with Crippen molar-refractivity contribution in [2.45, 2.75) is 25.5 Å². The number of carbonyl (C=O) groups is 1. The lowest BCUT2D eigenvalue weighted by molar-refractivity contribution is -0.153. The predicted octanol–water partition coefficient (Wildman–Crippen LogP) is 4.03. The van der Waals surface area contributed by atoms with E-state index in [4.69, 9.17) is 15.2 Å². The number of anilines is 2. The van der Waals surface area contributed by atoms with Crippen LogP contribution in [0.2, 0.25) is 0 Å². The molecule has 0 bridgehead atoms. The average Bonchev–Trinajstić information content (AvgIpc) is 2.95. The summed E-state index contributed by atoms with van der Waals surface area (Å²) >= 11 is 0. The Morgan fingerprint density at radius 3 is 2.30 bits per heavy atom. The van der Waals surface area contributed by atoms with Crippen molar-refractivity contribution in [1.29, 1.82) is 0 Å². The van der Waals surface area contributed by atoms with Crippen LogP contribution in [0.4, 0.5) is 11.8 Å². The molecule has 40 heavy (non-hydrogen) atoms. The van der Waals surface area contributed by atoms with Crippen molar-refractivity contribution in [2.75, 3.05) is 36.8 Å². The first-order valence-corrected chi connectivity index (χ1v) is 13.1. The lowest BCUT2D eigenvalue weighted by Gasteiger charge is -2.35. The molecule has 3 N–H and O–H groups in total. The molecule has 0 aliphatic carbocycles.